The van der Waals surface area contributed by atoms with Crippen molar-refractivity contribution in [3.63, 3.8) is 0 Å². The summed E-state index contributed by atoms with van der Waals surface area (Å²) in [5.74, 6) is -1.53. The van der Waals surface area contributed by atoms with Crippen LogP contribution in [0, 0.1) is 0 Å². The van der Waals surface area contributed by atoms with E-state index in [1.54, 1.807) is 48.5 Å². The molecule has 1 heterocycles. The number of halogens is 1. The quantitative estimate of drug-likeness (QED) is 0.549. The van der Waals surface area contributed by atoms with E-state index < -0.39 is 42.2 Å². The highest BCUT2D eigenvalue weighted by molar-refractivity contribution is 6.32. The minimum absolute atomic E-state index is 0.387. The number of carbonyl (C=O) groups excluding carboxylic acids is 3. The Labute approximate surface area is 188 Å². The maximum Gasteiger partial charge on any atom is 0.316 e. The zero-order valence-corrected chi connectivity index (χ0v) is 17.7. The Morgan fingerprint density at radius 1 is 1.19 bits per heavy atom. The van der Waals surface area contributed by atoms with Gasteiger partial charge < -0.3 is 25.4 Å². The smallest absolute Gasteiger partial charge is 0.316 e. The third-order valence-corrected chi connectivity index (χ3v) is 4.94. The number of carbonyl (C=O) groups is 4. The Morgan fingerprint density at radius 2 is 1.94 bits per heavy atom. The first-order valence-corrected chi connectivity index (χ1v) is 9.92. The predicted molar refractivity (Wildman–Crippen MR) is 115 cm³/mol. The van der Waals surface area contributed by atoms with Crippen LogP contribution < -0.4 is 15.4 Å². The molecular weight excluding hydrogens is 438 g/mol. The molecule has 0 spiro atoms. The molecule has 9 nitrogen and oxygen atoms in total. The molecule has 2 unspecified atom stereocenters. The van der Waals surface area contributed by atoms with Crippen LogP contribution >= 0.6 is 11.6 Å². The monoisotopic (exact) mass is 457 g/mol. The molecule has 0 aliphatic carbocycles. The SMILES string of the molecule is CN1C=CC(=O)C(NC(=O)NC(CC(=O)O)c2cccc(Oc3ccccc3Cl)c2)C1=O. The van der Waals surface area contributed by atoms with Crippen molar-refractivity contribution >= 4 is 35.3 Å². The first kappa shape index (κ1) is 22.8. The molecule has 1 aliphatic rings. The number of hydrogen-bond acceptors (Lipinski definition) is 5. The van der Waals surface area contributed by atoms with Crippen molar-refractivity contribution in [2.75, 3.05) is 7.05 Å². The Morgan fingerprint density at radius 3 is 2.66 bits per heavy atom. The summed E-state index contributed by atoms with van der Waals surface area (Å²) in [5, 5.41) is 14.5. The number of carboxylic acids is 1. The number of nitrogens with zero attached hydrogens (tertiary/aromatic N) is 1. The number of benzene rings is 2. The average molecular weight is 458 g/mol. The van der Waals surface area contributed by atoms with Crippen molar-refractivity contribution < 1.29 is 29.0 Å². The number of rotatable bonds is 7. The topological polar surface area (TPSA) is 125 Å². The molecule has 1 aliphatic heterocycles. The number of urea groups is 1. The predicted octanol–water partition coefficient (Wildman–Crippen LogP) is 2.87. The second-order valence-electron chi connectivity index (χ2n) is 6.97. The lowest BCUT2D eigenvalue weighted by Crippen LogP contribution is -2.55. The summed E-state index contributed by atoms with van der Waals surface area (Å²) in [4.78, 5) is 49.1. The van der Waals surface area contributed by atoms with Crippen LogP contribution in [-0.4, -0.2) is 46.8 Å². The van der Waals surface area contributed by atoms with E-state index in [0.717, 1.165) is 0 Å². The average Bonchev–Trinajstić information content (AvgIpc) is 2.75. The van der Waals surface area contributed by atoms with Gasteiger partial charge in [0.25, 0.3) is 5.91 Å². The summed E-state index contributed by atoms with van der Waals surface area (Å²) in [5.41, 5.74) is 0.449. The van der Waals surface area contributed by atoms with Crippen molar-refractivity contribution in [3.8, 4) is 11.5 Å². The van der Waals surface area contributed by atoms with E-state index in [-0.39, 0.29) is 0 Å². The highest BCUT2D eigenvalue weighted by Crippen LogP contribution is 2.30. The first-order valence-electron chi connectivity index (χ1n) is 9.54. The standard InChI is InChI=1S/C22H20ClN3O6/c1-26-10-9-17(27)20(21(26)30)25-22(31)24-16(12-19(28)29)13-5-4-6-14(11-13)32-18-8-3-2-7-15(18)23/h2-11,16,20H,12H2,1H3,(H,28,29)(H2,24,25,31). The second-order valence-corrected chi connectivity index (χ2v) is 7.38. The number of aliphatic carboxylic acids is 1. The highest BCUT2D eigenvalue weighted by atomic mass is 35.5. The van der Waals surface area contributed by atoms with Gasteiger partial charge >= 0.3 is 12.0 Å². The fourth-order valence-corrected chi connectivity index (χ4v) is 3.19. The first-order chi connectivity index (χ1) is 15.2. The Bertz CT molecular complexity index is 1090. The number of likely N-dealkylation sites (N-methyl/N-ethyl adjacent to an activating group) is 1. The largest absolute Gasteiger partial charge is 0.481 e. The zero-order valence-electron chi connectivity index (χ0n) is 16.9. The third-order valence-electron chi connectivity index (χ3n) is 4.63. The highest BCUT2D eigenvalue weighted by Gasteiger charge is 2.32. The van der Waals surface area contributed by atoms with E-state index >= 15 is 0 Å². The number of carboxylic acid groups (broad SMARTS) is 1. The van der Waals surface area contributed by atoms with Gasteiger partial charge in [0.15, 0.2) is 11.8 Å². The molecule has 3 N–H and O–H groups in total. The molecule has 0 fully saturated rings. The number of nitrogens with one attached hydrogen (secondary N) is 2. The van der Waals surface area contributed by atoms with Crippen LogP contribution in [0.5, 0.6) is 11.5 Å². The fraction of sp³-hybridized carbons (Fsp3) is 0.182. The van der Waals surface area contributed by atoms with Crippen molar-refractivity contribution in [1.82, 2.24) is 15.5 Å². The number of ketones is 1. The zero-order chi connectivity index (χ0) is 23.3. The van der Waals surface area contributed by atoms with Gasteiger partial charge in [-0.05, 0) is 29.8 Å². The van der Waals surface area contributed by atoms with Crippen LogP contribution in [0.25, 0.3) is 0 Å². The Balaban J connectivity index is 1.76. The van der Waals surface area contributed by atoms with Crippen molar-refractivity contribution in [2.45, 2.75) is 18.5 Å². The molecule has 0 radical (unpaired) electrons. The molecule has 3 amide bonds. The van der Waals surface area contributed by atoms with Crippen LogP contribution in [0.3, 0.4) is 0 Å². The third kappa shape index (κ3) is 5.64. The summed E-state index contributed by atoms with van der Waals surface area (Å²) in [6.07, 6.45) is 2.05. The molecule has 2 atom stereocenters. The lowest BCUT2D eigenvalue weighted by molar-refractivity contribution is -0.138. The molecule has 0 saturated heterocycles. The van der Waals surface area contributed by atoms with Crippen LogP contribution in [-0.2, 0) is 14.4 Å². The molecule has 10 heteroatoms. The lowest BCUT2D eigenvalue weighted by Gasteiger charge is -2.25. The normalized spacial score (nSPS) is 16.4. The van der Waals surface area contributed by atoms with E-state index in [9.17, 15) is 24.3 Å². The molecule has 2 aromatic carbocycles. The molecule has 2 aromatic rings. The minimum Gasteiger partial charge on any atom is -0.481 e. The van der Waals surface area contributed by atoms with Gasteiger partial charge in [0, 0.05) is 19.3 Å². The molecule has 0 aromatic heterocycles. The lowest BCUT2D eigenvalue weighted by atomic mass is 10.0. The molecule has 0 bridgehead atoms. The van der Waals surface area contributed by atoms with Gasteiger partial charge in [0.05, 0.1) is 17.5 Å². The van der Waals surface area contributed by atoms with Crippen LogP contribution in [0.15, 0.2) is 60.8 Å². The molecule has 32 heavy (non-hydrogen) atoms. The molecule has 166 valence electrons. The summed E-state index contributed by atoms with van der Waals surface area (Å²) < 4.78 is 5.76. The fourth-order valence-electron chi connectivity index (χ4n) is 3.02. The molecular formula is C22H20ClN3O6. The summed E-state index contributed by atoms with van der Waals surface area (Å²) >= 11 is 6.11. The van der Waals surface area contributed by atoms with Gasteiger partial charge in [-0.2, -0.15) is 0 Å². The van der Waals surface area contributed by atoms with E-state index in [1.165, 1.54) is 24.2 Å². The Kier molecular flexibility index (Phi) is 7.11. The van der Waals surface area contributed by atoms with Crippen molar-refractivity contribution in [3.05, 3.63) is 71.4 Å². The number of hydrogen-bond donors (Lipinski definition) is 3. The van der Waals surface area contributed by atoms with Crippen LogP contribution in [0.2, 0.25) is 5.02 Å². The molecule has 0 saturated carbocycles. The van der Waals surface area contributed by atoms with Gasteiger partial charge in [-0.3, -0.25) is 14.4 Å². The maximum absolute atomic E-state index is 12.5. The van der Waals surface area contributed by atoms with Gasteiger partial charge in [0.1, 0.15) is 11.5 Å². The Hall–Kier alpha value is -3.85. The van der Waals surface area contributed by atoms with Gasteiger partial charge in [-0.1, -0.05) is 35.9 Å². The van der Waals surface area contributed by atoms with Gasteiger partial charge in [-0.25, -0.2) is 4.79 Å². The van der Waals surface area contributed by atoms with E-state index in [2.05, 4.69) is 10.6 Å². The van der Waals surface area contributed by atoms with E-state index in [4.69, 9.17) is 16.3 Å². The summed E-state index contributed by atoms with van der Waals surface area (Å²) in [6, 6.07) is 10.2. The van der Waals surface area contributed by atoms with Crippen molar-refractivity contribution in [1.29, 1.82) is 0 Å². The van der Waals surface area contributed by atoms with Gasteiger partial charge in [0.2, 0.25) is 0 Å². The van der Waals surface area contributed by atoms with Crippen molar-refractivity contribution in [2.24, 2.45) is 0 Å². The van der Waals surface area contributed by atoms with Crippen LogP contribution in [0.1, 0.15) is 18.0 Å². The number of ether oxygens (including phenoxy) is 1. The minimum atomic E-state index is -1.38. The van der Waals surface area contributed by atoms with E-state index in [0.29, 0.717) is 22.1 Å². The van der Waals surface area contributed by atoms with E-state index in [1.807, 2.05) is 0 Å². The van der Waals surface area contributed by atoms with Crippen LogP contribution in [0.4, 0.5) is 4.79 Å². The maximum atomic E-state index is 12.5. The van der Waals surface area contributed by atoms with Gasteiger partial charge in [-0.15, -0.1) is 0 Å². The number of para-hydroxylation sites is 1. The second kappa shape index (κ2) is 9.97. The molecule has 3 rings (SSSR count). The summed E-state index contributed by atoms with van der Waals surface area (Å²) in [7, 11) is 1.45. The summed E-state index contributed by atoms with van der Waals surface area (Å²) in [6.45, 7) is 0. The number of amides is 3.